The first-order valence-corrected chi connectivity index (χ1v) is 12.2. The number of pyridine rings is 2. The Labute approximate surface area is 196 Å². The Morgan fingerprint density at radius 1 is 1.00 bits per heavy atom. The maximum absolute atomic E-state index is 5.02. The molecule has 0 bridgehead atoms. The van der Waals surface area contributed by atoms with Crippen LogP contribution in [0.4, 0.5) is 0 Å². The molecule has 1 saturated carbocycles. The van der Waals surface area contributed by atoms with Gasteiger partial charge in [-0.1, -0.05) is 13.8 Å². The molecule has 174 valence electrons. The number of nitrogens with one attached hydrogen (secondary N) is 1. The zero-order chi connectivity index (χ0) is 23.4. The smallest absolute Gasteiger partial charge is 0.158 e. The van der Waals surface area contributed by atoms with E-state index in [9.17, 15) is 0 Å². The van der Waals surface area contributed by atoms with Crippen molar-refractivity contribution in [3.05, 3.63) is 46.7 Å². The van der Waals surface area contributed by atoms with Gasteiger partial charge in [0.1, 0.15) is 6.33 Å². The third-order valence-corrected chi connectivity index (χ3v) is 7.95. The number of aryl methyl sites for hydroxylation is 2. The molecular formula is C27H36N6. The van der Waals surface area contributed by atoms with Crippen molar-refractivity contribution in [2.75, 3.05) is 14.1 Å². The molecule has 0 unspecified atom stereocenters. The van der Waals surface area contributed by atoms with Gasteiger partial charge in [0, 0.05) is 34.8 Å². The van der Waals surface area contributed by atoms with Crippen LogP contribution < -0.4 is 0 Å². The predicted molar refractivity (Wildman–Crippen MR) is 135 cm³/mol. The number of aromatic amines is 1. The van der Waals surface area contributed by atoms with Crippen molar-refractivity contribution in [1.29, 1.82) is 0 Å². The zero-order valence-electron chi connectivity index (χ0n) is 21.0. The molecule has 1 aliphatic carbocycles. The standard InChI is InChI=1S/C27H36N6/c1-15(2)23-24-18(5)25(19-8-10-20(11-9-19)32(6)7)28-12-22(24)31-26(23)21-13-33-27(29-14-30-33)17(4)16(21)3/h12-15,19-20,31H,8-11H2,1-7H3. The van der Waals surface area contributed by atoms with Gasteiger partial charge >= 0.3 is 0 Å². The minimum Gasteiger partial charge on any atom is -0.353 e. The second-order valence-corrected chi connectivity index (χ2v) is 10.4. The quantitative estimate of drug-likeness (QED) is 0.425. The number of nitrogens with zero attached hydrogens (tertiary/aromatic N) is 5. The Morgan fingerprint density at radius 3 is 2.39 bits per heavy atom. The highest BCUT2D eigenvalue weighted by Gasteiger charge is 2.28. The van der Waals surface area contributed by atoms with Crippen molar-refractivity contribution in [1.82, 2.24) is 29.5 Å². The zero-order valence-corrected chi connectivity index (χ0v) is 21.0. The second-order valence-electron chi connectivity index (χ2n) is 10.4. The van der Waals surface area contributed by atoms with Crippen molar-refractivity contribution >= 4 is 16.6 Å². The summed E-state index contributed by atoms with van der Waals surface area (Å²) in [5.41, 5.74) is 10.9. The topological polar surface area (TPSA) is 62.1 Å². The highest BCUT2D eigenvalue weighted by Crippen LogP contribution is 2.42. The maximum Gasteiger partial charge on any atom is 0.158 e. The minimum atomic E-state index is 0.387. The van der Waals surface area contributed by atoms with Gasteiger partial charge in [0.25, 0.3) is 0 Å². The summed E-state index contributed by atoms with van der Waals surface area (Å²) >= 11 is 0. The summed E-state index contributed by atoms with van der Waals surface area (Å²) in [6.07, 6.45) is 10.8. The van der Waals surface area contributed by atoms with Gasteiger partial charge in [0.15, 0.2) is 5.65 Å². The largest absolute Gasteiger partial charge is 0.353 e. The third kappa shape index (κ3) is 3.55. The molecular weight excluding hydrogens is 408 g/mol. The molecule has 5 rings (SSSR count). The van der Waals surface area contributed by atoms with E-state index < -0.39 is 0 Å². The van der Waals surface area contributed by atoms with Crippen LogP contribution in [-0.2, 0) is 0 Å². The second kappa shape index (κ2) is 8.24. The van der Waals surface area contributed by atoms with E-state index in [0.29, 0.717) is 17.9 Å². The fraction of sp³-hybridized carbons (Fsp3) is 0.519. The lowest BCUT2D eigenvalue weighted by molar-refractivity contribution is 0.215. The van der Waals surface area contributed by atoms with Gasteiger partial charge in [-0.05, 0) is 88.7 Å². The number of H-pyrrole nitrogens is 1. The SMILES string of the molecule is Cc1c(-c2[nH]c3cnc(C4CCC(N(C)C)CC4)c(C)c3c2C(C)C)cn2ncnc2c1C. The van der Waals surface area contributed by atoms with E-state index in [4.69, 9.17) is 4.98 Å². The molecule has 4 aromatic rings. The fourth-order valence-electron chi connectivity index (χ4n) is 5.92. The van der Waals surface area contributed by atoms with Crippen LogP contribution in [0.15, 0.2) is 18.7 Å². The van der Waals surface area contributed by atoms with Gasteiger partial charge < -0.3 is 9.88 Å². The molecule has 6 heteroatoms. The molecule has 0 saturated heterocycles. The molecule has 0 aliphatic heterocycles. The minimum absolute atomic E-state index is 0.387. The van der Waals surface area contributed by atoms with E-state index in [-0.39, 0.29) is 0 Å². The summed E-state index contributed by atoms with van der Waals surface area (Å²) in [6, 6.07) is 0.702. The lowest BCUT2D eigenvalue weighted by Crippen LogP contribution is -2.31. The van der Waals surface area contributed by atoms with Crippen LogP contribution >= 0.6 is 0 Å². The van der Waals surface area contributed by atoms with Gasteiger partial charge in [0.05, 0.1) is 17.4 Å². The van der Waals surface area contributed by atoms with Crippen molar-refractivity contribution < 1.29 is 0 Å². The molecule has 4 aromatic heterocycles. The molecule has 1 aliphatic rings. The predicted octanol–water partition coefficient (Wildman–Crippen LogP) is 5.91. The number of fused-ring (bicyclic) bond motifs is 2. The van der Waals surface area contributed by atoms with Gasteiger partial charge in [-0.15, -0.1) is 0 Å². The molecule has 0 atom stereocenters. The molecule has 1 fully saturated rings. The average Bonchev–Trinajstić information content (AvgIpc) is 3.41. The van der Waals surface area contributed by atoms with Crippen LogP contribution in [-0.4, -0.2) is 49.6 Å². The molecule has 6 nitrogen and oxygen atoms in total. The molecule has 0 aromatic carbocycles. The highest BCUT2D eigenvalue weighted by atomic mass is 15.3. The van der Waals surface area contributed by atoms with Gasteiger partial charge in [-0.25, -0.2) is 9.50 Å². The van der Waals surface area contributed by atoms with Crippen molar-refractivity contribution in [3.63, 3.8) is 0 Å². The monoisotopic (exact) mass is 444 g/mol. The Morgan fingerprint density at radius 2 is 1.73 bits per heavy atom. The average molecular weight is 445 g/mol. The van der Waals surface area contributed by atoms with Crippen molar-refractivity contribution in [2.45, 2.75) is 78.2 Å². The van der Waals surface area contributed by atoms with Gasteiger partial charge in [-0.3, -0.25) is 4.98 Å². The van der Waals surface area contributed by atoms with E-state index in [0.717, 1.165) is 11.2 Å². The number of aromatic nitrogens is 5. The molecule has 4 heterocycles. The Bertz CT molecular complexity index is 1320. The summed E-state index contributed by atoms with van der Waals surface area (Å²) in [6.45, 7) is 11.2. The lowest BCUT2D eigenvalue weighted by Gasteiger charge is -2.33. The summed E-state index contributed by atoms with van der Waals surface area (Å²) in [4.78, 5) is 15.6. The van der Waals surface area contributed by atoms with Crippen LogP contribution in [0.3, 0.4) is 0 Å². The molecule has 33 heavy (non-hydrogen) atoms. The summed E-state index contributed by atoms with van der Waals surface area (Å²) in [7, 11) is 4.41. The summed E-state index contributed by atoms with van der Waals surface area (Å²) in [5.74, 6) is 0.942. The normalized spacial score (nSPS) is 19.4. The van der Waals surface area contributed by atoms with Crippen LogP contribution in [0.5, 0.6) is 0 Å². The first-order valence-electron chi connectivity index (χ1n) is 12.2. The van der Waals surface area contributed by atoms with E-state index in [1.807, 2.05) is 4.52 Å². The highest BCUT2D eigenvalue weighted by molar-refractivity contribution is 5.94. The summed E-state index contributed by atoms with van der Waals surface area (Å²) in [5, 5.41) is 5.78. The van der Waals surface area contributed by atoms with Crippen molar-refractivity contribution in [3.8, 4) is 11.3 Å². The van der Waals surface area contributed by atoms with Crippen molar-refractivity contribution in [2.24, 2.45) is 0 Å². The lowest BCUT2D eigenvalue weighted by atomic mass is 9.81. The first-order chi connectivity index (χ1) is 15.8. The molecule has 0 radical (unpaired) electrons. The number of hydrogen-bond donors (Lipinski definition) is 1. The van der Waals surface area contributed by atoms with Gasteiger partial charge in [-0.2, -0.15) is 5.10 Å². The fourth-order valence-corrected chi connectivity index (χ4v) is 5.92. The van der Waals surface area contributed by atoms with Crippen LogP contribution in [0, 0.1) is 20.8 Å². The Kier molecular flexibility index (Phi) is 5.52. The van der Waals surface area contributed by atoms with Crippen LogP contribution in [0.1, 0.15) is 79.3 Å². The number of hydrogen-bond acceptors (Lipinski definition) is 4. The molecule has 0 spiro atoms. The maximum atomic E-state index is 5.02. The van der Waals surface area contributed by atoms with E-state index in [2.05, 4.69) is 81.1 Å². The Hall–Kier alpha value is -2.73. The Balaban J connectivity index is 1.65. The van der Waals surface area contributed by atoms with E-state index >= 15 is 0 Å². The molecule has 1 N–H and O–H groups in total. The van der Waals surface area contributed by atoms with Gasteiger partial charge in [0.2, 0.25) is 0 Å². The summed E-state index contributed by atoms with van der Waals surface area (Å²) < 4.78 is 1.90. The van der Waals surface area contributed by atoms with E-state index in [1.54, 1.807) is 6.33 Å². The molecule has 0 amide bonds. The van der Waals surface area contributed by atoms with Crippen LogP contribution in [0.25, 0.3) is 27.8 Å². The van der Waals surface area contributed by atoms with E-state index in [1.165, 1.54) is 70.3 Å². The number of rotatable bonds is 4. The van der Waals surface area contributed by atoms with Crippen LogP contribution in [0.2, 0.25) is 0 Å². The first kappa shape index (κ1) is 22.1. The third-order valence-electron chi connectivity index (χ3n) is 7.95.